The van der Waals surface area contributed by atoms with Gasteiger partial charge in [0.1, 0.15) is 0 Å². The molecule has 0 N–H and O–H groups in total. The van der Waals surface area contributed by atoms with Crippen LogP contribution in [0.15, 0.2) is 24.4 Å². The fourth-order valence-corrected chi connectivity index (χ4v) is 2.68. The van der Waals surface area contributed by atoms with E-state index in [9.17, 15) is 4.79 Å². The van der Waals surface area contributed by atoms with Gasteiger partial charge in [0.2, 0.25) is 0 Å². The van der Waals surface area contributed by atoms with Crippen molar-refractivity contribution < 1.29 is 4.79 Å². The van der Waals surface area contributed by atoms with Crippen LogP contribution in [0.4, 0.5) is 0 Å². The lowest BCUT2D eigenvalue weighted by molar-refractivity contribution is 0.0971. The number of aryl methyl sites for hydroxylation is 1. The molecule has 3 rings (SSSR count). The number of ketones is 1. The molecule has 2 heterocycles. The van der Waals surface area contributed by atoms with Crippen LogP contribution >= 0.6 is 0 Å². The van der Waals surface area contributed by atoms with Crippen molar-refractivity contribution in [1.29, 1.82) is 0 Å². The highest BCUT2D eigenvalue weighted by Crippen LogP contribution is 2.27. The second-order valence-corrected chi connectivity index (χ2v) is 4.89. The van der Waals surface area contributed by atoms with E-state index in [4.69, 9.17) is 0 Å². The molecule has 2 aromatic heterocycles. The SMILES string of the molecule is CCCc1nn(-c2ccccn2)c2c1C(=O)CCC2. The standard InChI is InChI=1S/C15H17N3O/c1-2-6-11-15-12(7-5-8-13(15)19)18(17-11)14-9-3-4-10-16-14/h3-4,9-10H,2,5-8H2,1H3. The Kier molecular flexibility index (Phi) is 3.15. The fraction of sp³-hybridized carbons (Fsp3) is 0.400. The molecule has 1 aliphatic rings. The molecule has 0 atom stereocenters. The summed E-state index contributed by atoms with van der Waals surface area (Å²) in [6, 6.07) is 5.76. The van der Waals surface area contributed by atoms with Crippen molar-refractivity contribution >= 4 is 5.78 Å². The van der Waals surface area contributed by atoms with Crippen LogP contribution in [0.5, 0.6) is 0 Å². The third-order valence-electron chi connectivity index (χ3n) is 3.50. The van der Waals surface area contributed by atoms with Crippen molar-refractivity contribution in [2.45, 2.75) is 39.0 Å². The molecule has 4 nitrogen and oxygen atoms in total. The maximum atomic E-state index is 12.2. The van der Waals surface area contributed by atoms with Crippen LogP contribution in [-0.2, 0) is 12.8 Å². The smallest absolute Gasteiger partial charge is 0.166 e. The summed E-state index contributed by atoms with van der Waals surface area (Å²) in [6.07, 6.45) is 6.09. The van der Waals surface area contributed by atoms with Gasteiger partial charge >= 0.3 is 0 Å². The topological polar surface area (TPSA) is 47.8 Å². The van der Waals surface area contributed by atoms with E-state index < -0.39 is 0 Å². The Labute approximate surface area is 112 Å². The molecule has 0 saturated heterocycles. The average Bonchev–Trinajstić information content (AvgIpc) is 2.81. The van der Waals surface area contributed by atoms with E-state index in [1.807, 2.05) is 22.9 Å². The molecule has 0 aromatic carbocycles. The van der Waals surface area contributed by atoms with E-state index in [2.05, 4.69) is 17.0 Å². The van der Waals surface area contributed by atoms with Gasteiger partial charge in [-0.05, 0) is 31.4 Å². The van der Waals surface area contributed by atoms with Crippen LogP contribution < -0.4 is 0 Å². The number of pyridine rings is 1. The number of Topliss-reactive ketones (excluding diaryl/α,β-unsaturated/α-hetero) is 1. The van der Waals surface area contributed by atoms with Gasteiger partial charge in [0.05, 0.1) is 17.0 Å². The maximum Gasteiger partial charge on any atom is 0.166 e. The molecule has 1 aliphatic carbocycles. The molecule has 19 heavy (non-hydrogen) atoms. The summed E-state index contributed by atoms with van der Waals surface area (Å²) in [5.41, 5.74) is 2.84. The predicted molar refractivity (Wildman–Crippen MR) is 72.6 cm³/mol. The molecule has 0 aliphatic heterocycles. The van der Waals surface area contributed by atoms with Gasteiger partial charge < -0.3 is 0 Å². The number of fused-ring (bicyclic) bond motifs is 1. The predicted octanol–water partition coefficient (Wildman–Crippen LogP) is 2.74. The first-order valence-corrected chi connectivity index (χ1v) is 6.86. The Morgan fingerprint density at radius 3 is 2.95 bits per heavy atom. The van der Waals surface area contributed by atoms with Crippen LogP contribution in [0.25, 0.3) is 5.82 Å². The van der Waals surface area contributed by atoms with E-state index in [1.54, 1.807) is 6.20 Å². The summed E-state index contributed by atoms with van der Waals surface area (Å²) in [5.74, 6) is 1.04. The van der Waals surface area contributed by atoms with Gasteiger partial charge in [0.15, 0.2) is 11.6 Å². The molecule has 0 unspecified atom stereocenters. The van der Waals surface area contributed by atoms with Gasteiger partial charge in [-0.2, -0.15) is 5.10 Å². The largest absolute Gasteiger partial charge is 0.294 e. The molecule has 0 saturated carbocycles. The van der Waals surface area contributed by atoms with Crippen molar-refractivity contribution in [3.63, 3.8) is 0 Å². The van der Waals surface area contributed by atoms with Crippen LogP contribution in [0.2, 0.25) is 0 Å². The van der Waals surface area contributed by atoms with Gasteiger partial charge in [-0.15, -0.1) is 0 Å². The number of aromatic nitrogens is 3. The van der Waals surface area contributed by atoms with Gasteiger partial charge in [-0.3, -0.25) is 4.79 Å². The Morgan fingerprint density at radius 1 is 1.32 bits per heavy atom. The molecule has 98 valence electrons. The van der Waals surface area contributed by atoms with Crippen molar-refractivity contribution in [3.8, 4) is 5.82 Å². The zero-order valence-corrected chi connectivity index (χ0v) is 11.1. The van der Waals surface area contributed by atoms with Crippen molar-refractivity contribution in [2.75, 3.05) is 0 Å². The van der Waals surface area contributed by atoms with E-state index >= 15 is 0 Å². The third kappa shape index (κ3) is 2.07. The molecule has 4 heteroatoms. The first-order valence-electron chi connectivity index (χ1n) is 6.86. The third-order valence-corrected chi connectivity index (χ3v) is 3.50. The Morgan fingerprint density at radius 2 is 2.21 bits per heavy atom. The lowest BCUT2D eigenvalue weighted by atomic mass is 9.93. The highest BCUT2D eigenvalue weighted by Gasteiger charge is 2.27. The molecule has 0 radical (unpaired) electrons. The summed E-state index contributed by atoms with van der Waals surface area (Å²) in [6.45, 7) is 2.11. The Hall–Kier alpha value is -1.97. The Bertz CT molecular complexity index is 601. The summed E-state index contributed by atoms with van der Waals surface area (Å²) in [7, 11) is 0. The minimum Gasteiger partial charge on any atom is -0.294 e. The monoisotopic (exact) mass is 255 g/mol. The first-order chi connectivity index (χ1) is 9.31. The molecule has 0 bridgehead atoms. The van der Waals surface area contributed by atoms with Gasteiger partial charge in [-0.25, -0.2) is 9.67 Å². The van der Waals surface area contributed by atoms with Gasteiger partial charge in [0.25, 0.3) is 0 Å². The minimum atomic E-state index is 0.242. The number of carbonyl (C=O) groups is 1. The fourth-order valence-electron chi connectivity index (χ4n) is 2.68. The molecule has 2 aromatic rings. The second kappa shape index (κ2) is 4.96. The summed E-state index contributed by atoms with van der Waals surface area (Å²) in [5, 5.41) is 4.64. The minimum absolute atomic E-state index is 0.242. The lowest BCUT2D eigenvalue weighted by Crippen LogP contribution is -2.14. The summed E-state index contributed by atoms with van der Waals surface area (Å²) < 4.78 is 1.86. The molecular formula is C15H17N3O. The normalized spacial score (nSPS) is 14.5. The van der Waals surface area contributed by atoms with E-state index in [0.717, 1.165) is 48.5 Å². The van der Waals surface area contributed by atoms with Crippen LogP contribution in [-0.4, -0.2) is 20.5 Å². The van der Waals surface area contributed by atoms with Gasteiger partial charge in [-0.1, -0.05) is 19.4 Å². The van der Waals surface area contributed by atoms with Crippen LogP contribution in [0.1, 0.15) is 47.9 Å². The number of carbonyl (C=O) groups excluding carboxylic acids is 1. The number of hydrogen-bond donors (Lipinski definition) is 0. The molecule has 0 spiro atoms. The molecule has 0 fully saturated rings. The first kappa shape index (κ1) is 12.1. The van der Waals surface area contributed by atoms with E-state index in [0.29, 0.717) is 6.42 Å². The summed E-state index contributed by atoms with van der Waals surface area (Å²) in [4.78, 5) is 16.5. The van der Waals surface area contributed by atoms with E-state index in [1.165, 1.54) is 0 Å². The van der Waals surface area contributed by atoms with Crippen molar-refractivity contribution in [2.24, 2.45) is 0 Å². The van der Waals surface area contributed by atoms with Crippen LogP contribution in [0, 0.1) is 0 Å². The number of rotatable bonds is 3. The summed E-state index contributed by atoms with van der Waals surface area (Å²) >= 11 is 0. The van der Waals surface area contributed by atoms with Gasteiger partial charge in [0, 0.05) is 12.6 Å². The second-order valence-electron chi connectivity index (χ2n) is 4.89. The van der Waals surface area contributed by atoms with Crippen molar-refractivity contribution in [3.05, 3.63) is 41.3 Å². The lowest BCUT2D eigenvalue weighted by Gasteiger charge is -2.12. The highest BCUT2D eigenvalue weighted by atomic mass is 16.1. The average molecular weight is 255 g/mol. The molecule has 0 amide bonds. The zero-order valence-electron chi connectivity index (χ0n) is 11.1. The van der Waals surface area contributed by atoms with Crippen LogP contribution in [0.3, 0.4) is 0 Å². The quantitative estimate of drug-likeness (QED) is 0.847. The number of hydrogen-bond acceptors (Lipinski definition) is 3. The Balaban J connectivity index is 2.16. The highest BCUT2D eigenvalue weighted by molar-refractivity contribution is 5.99. The van der Waals surface area contributed by atoms with E-state index in [-0.39, 0.29) is 5.78 Å². The number of nitrogens with zero attached hydrogens (tertiary/aromatic N) is 3. The zero-order chi connectivity index (χ0) is 13.2. The maximum absolute atomic E-state index is 12.2. The molecular weight excluding hydrogens is 238 g/mol. The van der Waals surface area contributed by atoms with Crippen molar-refractivity contribution in [1.82, 2.24) is 14.8 Å².